The third-order valence-electron chi connectivity index (χ3n) is 5.23. The van der Waals surface area contributed by atoms with Gasteiger partial charge >= 0.3 is 0 Å². The molecule has 0 aromatic carbocycles. The van der Waals surface area contributed by atoms with Crippen molar-refractivity contribution in [2.75, 3.05) is 13.6 Å². The lowest BCUT2D eigenvalue weighted by Crippen LogP contribution is -2.47. The van der Waals surface area contributed by atoms with Crippen molar-refractivity contribution >= 4 is 11.8 Å². The normalized spacial score (nSPS) is 24.7. The van der Waals surface area contributed by atoms with Crippen LogP contribution in [0.4, 0.5) is 0 Å². The molecule has 0 spiro atoms. The van der Waals surface area contributed by atoms with Crippen LogP contribution in [0.5, 0.6) is 0 Å². The van der Waals surface area contributed by atoms with E-state index in [2.05, 4.69) is 16.5 Å². The number of aromatic nitrogens is 2. The molecule has 6 heteroatoms. The van der Waals surface area contributed by atoms with Crippen molar-refractivity contribution < 1.29 is 9.59 Å². The number of carbonyl (C=O) groups is 2. The predicted octanol–water partition coefficient (Wildman–Crippen LogP) is 1.95. The summed E-state index contributed by atoms with van der Waals surface area (Å²) < 4.78 is 1.75. The monoisotopic (exact) mass is 330 g/mol. The van der Waals surface area contributed by atoms with E-state index >= 15 is 0 Å². The highest BCUT2D eigenvalue weighted by atomic mass is 16.2. The van der Waals surface area contributed by atoms with Crippen LogP contribution >= 0.6 is 0 Å². The van der Waals surface area contributed by atoms with E-state index in [0.29, 0.717) is 19.4 Å². The van der Waals surface area contributed by atoms with E-state index in [9.17, 15) is 9.59 Å². The Labute approximate surface area is 142 Å². The molecule has 130 valence electrons. The lowest BCUT2D eigenvalue weighted by atomic mass is 9.86. The first-order valence-corrected chi connectivity index (χ1v) is 8.77. The van der Waals surface area contributed by atoms with Crippen molar-refractivity contribution in [3.63, 3.8) is 0 Å². The molecule has 2 atom stereocenters. The maximum absolute atomic E-state index is 12.8. The molecule has 2 heterocycles. The average molecular weight is 330 g/mol. The quantitative estimate of drug-likeness (QED) is 0.858. The summed E-state index contributed by atoms with van der Waals surface area (Å²) in [6, 6.07) is 1.64. The van der Waals surface area contributed by atoms with E-state index in [1.165, 1.54) is 18.4 Å². The summed E-state index contributed by atoms with van der Waals surface area (Å²) in [5.74, 6) is -0.112. The minimum atomic E-state index is -0.251. The fraction of sp³-hybridized carbons (Fsp3) is 0.611. The molecule has 1 aromatic heterocycles. The van der Waals surface area contributed by atoms with Crippen LogP contribution in [0, 0.1) is 5.92 Å². The van der Waals surface area contributed by atoms with Crippen molar-refractivity contribution in [2.45, 2.75) is 44.6 Å². The zero-order valence-corrected chi connectivity index (χ0v) is 14.5. The van der Waals surface area contributed by atoms with Crippen LogP contribution < -0.4 is 5.32 Å². The highest BCUT2D eigenvalue weighted by molar-refractivity contribution is 5.84. The third-order valence-corrected chi connectivity index (χ3v) is 5.23. The van der Waals surface area contributed by atoms with Crippen LogP contribution in [0.1, 0.15) is 50.3 Å². The summed E-state index contributed by atoms with van der Waals surface area (Å²) >= 11 is 0. The summed E-state index contributed by atoms with van der Waals surface area (Å²) in [6.45, 7) is 0.630. The molecule has 1 aromatic rings. The van der Waals surface area contributed by atoms with Gasteiger partial charge in [-0.2, -0.15) is 5.10 Å². The Morgan fingerprint density at radius 2 is 2.17 bits per heavy atom. The first kappa shape index (κ1) is 16.7. The van der Waals surface area contributed by atoms with Gasteiger partial charge in [0.15, 0.2) is 0 Å². The zero-order valence-electron chi connectivity index (χ0n) is 14.5. The molecule has 1 aliphatic carbocycles. The van der Waals surface area contributed by atoms with E-state index in [1.807, 2.05) is 13.1 Å². The van der Waals surface area contributed by atoms with Gasteiger partial charge in [0.05, 0.1) is 17.7 Å². The second kappa shape index (κ2) is 7.20. The van der Waals surface area contributed by atoms with Gasteiger partial charge in [0.2, 0.25) is 11.8 Å². The number of amides is 2. The van der Waals surface area contributed by atoms with Gasteiger partial charge in [-0.1, -0.05) is 11.6 Å². The topological polar surface area (TPSA) is 67.2 Å². The Balaban J connectivity index is 1.73. The molecule has 0 radical (unpaired) electrons. The van der Waals surface area contributed by atoms with E-state index < -0.39 is 0 Å². The number of hydrogen-bond donors (Lipinski definition) is 1. The number of likely N-dealkylation sites (tertiary alicyclic amines) is 1. The Morgan fingerprint density at radius 3 is 2.83 bits per heavy atom. The zero-order chi connectivity index (χ0) is 17.1. The molecule has 1 N–H and O–H groups in total. The number of piperidine rings is 1. The van der Waals surface area contributed by atoms with Gasteiger partial charge in [0.25, 0.3) is 0 Å². The van der Waals surface area contributed by atoms with Crippen molar-refractivity contribution in [1.29, 1.82) is 0 Å². The molecule has 3 rings (SSSR count). The predicted molar refractivity (Wildman–Crippen MR) is 91.0 cm³/mol. The highest BCUT2D eigenvalue weighted by Crippen LogP contribution is 2.35. The van der Waals surface area contributed by atoms with Gasteiger partial charge in [-0.25, -0.2) is 0 Å². The van der Waals surface area contributed by atoms with Crippen molar-refractivity contribution in [1.82, 2.24) is 20.0 Å². The van der Waals surface area contributed by atoms with Crippen LogP contribution in [0.15, 0.2) is 23.9 Å². The highest BCUT2D eigenvalue weighted by Gasteiger charge is 2.40. The van der Waals surface area contributed by atoms with Crippen LogP contribution in [0.3, 0.4) is 0 Å². The van der Waals surface area contributed by atoms with Crippen LogP contribution in [-0.2, 0) is 16.6 Å². The van der Waals surface area contributed by atoms with Gasteiger partial charge in [-0.3, -0.25) is 14.3 Å². The van der Waals surface area contributed by atoms with E-state index in [0.717, 1.165) is 18.5 Å². The van der Waals surface area contributed by atoms with Gasteiger partial charge in [0.1, 0.15) is 0 Å². The number of carbonyl (C=O) groups excluding carboxylic acids is 2. The molecular weight excluding hydrogens is 304 g/mol. The Bertz CT molecular complexity index is 649. The SMILES string of the molecule is CN1C(=O)CC[C@H](C(=O)NCC2=CCCCC2)[C@H]1c1ccnn1C. The fourth-order valence-electron chi connectivity index (χ4n) is 3.79. The molecule has 1 fully saturated rings. The lowest BCUT2D eigenvalue weighted by Gasteiger charge is -2.38. The number of nitrogens with zero attached hydrogens (tertiary/aromatic N) is 3. The molecule has 2 amide bonds. The maximum atomic E-state index is 12.8. The number of aryl methyl sites for hydroxylation is 1. The molecule has 1 saturated heterocycles. The van der Waals surface area contributed by atoms with Gasteiger partial charge in [-0.15, -0.1) is 0 Å². The number of nitrogens with one attached hydrogen (secondary N) is 1. The van der Waals surface area contributed by atoms with Crippen LogP contribution in [-0.4, -0.2) is 40.1 Å². The summed E-state index contributed by atoms with van der Waals surface area (Å²) in [4.78, 5) is 26.6. The van der Waals surface area contributed by atoms with Crippen LogP contribution in [0.2, 0.25) is 0 Å². The Kier molecular flexibility index (Phi) is 5.02. The second-order valence-electron chi connectivity index (χ2n) is 6.80. The smallest absolute Gasteiger partial charge is 0.225 e. The molecular formula is C18H26N4O2. The summed E-state index contributed by atoms with van der Waals surface area (Å²) in [5, 5.41) is 7.30. The number of hydrogen-bond acceptors (Lipinski definition) is 3. The minimum Gasteiger partial charge on any atom is -0.352 e. The van der Waals surface area contributed by atoms with Crippen molar-refractivity contribution in [2.24, 2.45) is 13.0 Å². The fourth-order valence-corrected chi connectivity index (χ4v) is 3.79. The molecule has 0 unspecified atom stereocenters. The Morgan fingerprint density at radius 1 is 1.33 bits per heavy atom. The van der Waals surface area contributed by atoms with E-state index in [4.69, 9.17) is 0 Å². The summed E-state index contributed by atoms with van der Waals surface area (Å²) in [5.41, 5.74) is 2.23. The third kappa shape index (κ3) is 3.37. The van der Waals surface area contributed by atoms with Crippen LogP contribution in [0.25, 0.3) is 0 Å². The molecule has 0 saturated carbocycles. The van der Waals surface area contributed by atoms with Gasteiger partial charge < -0.3 is 10.2 Å². The van der Waals surface area contributed by atoms with Gasteiger partial charge in [-0.05, 0) is 38.2 Å². The second-order valence-corrected chi connectivity index (χ2v) is 6.80. The summed E-state index contributed by atoms with van der Waals surface area (Å²) in [6.07, 6.45) is 9.62. The summed E-state index contributed by atoms with van der Waals surface area (Å²) in [7, 11) is 3.63. The largest absolute Gasteiger partial charge is 0.352 e. The molecule has 6 nitrogen and oxygen atoms in total. The molecule has 0 bridgehead atoms. The first-order valence-electron chi connectivity index (χ1n) is 8.77. The Hall–Kier alpha value is -2.11. The minimum absolute atomic E-state index is 0.0343. The standard InChI is InChI=1S/C18H26N4O2/c1-21-16(23)9-8-14(17(21)15-10-11-20-22(15)2)18(24)19-12-13-6-4-3-5-7-13/h6,10-11,14,17H,3-5,7-9,12H2,1-2H3,(H,19,24)/t14-,17-/m0/s1. The van der Waals surface area contributed by atoms with E-state index in [-0.39, 0.29) is 23.8 Å². The first-order chi connectivity index (χ1) is 11.6. The average Bonchev–Trinajstić information content (AvgIpc) is 3.01. The molecule has 24 heavy (non-hydrogen) atoms. The molecule has 2 aliphatic rings. The van der Waals surface area contributed by atoms with E-state index in [1.54, 1.807) is 22.8 Å². The maximum Gasteiger partial charge on any atom is 0.225 e. The lowest BCUT2D eigenvalue weighted by molar-refractivity contribution is -0.141. The number of allylic oxidation sites excluding steroid dienone is 1. The van der Waals surface area contributed by atoms with Gasteiger partial charge in [0, 0.05) is 33.3 Å². The van der Waals surface area contributed by atoms with Crippen molar-refractivity contribution in [3.05, 3.63) is 29.6 Å². The molecule has 1 aliphatic heterocycles. The number of rotatable bonds is 4. The van der Waals surface area contributed by atoms with Crippen molar-refractivity contribution in [3.8, 4) is 0 Å².